The summed E-state index contributed by atoms with van der Waals surface area (Å²) in [6, 6.07) is 2.36. The van der Waals surface area contributed by atoms with Crippen LogP contribution in [0.15, 0.2) is 5.38 Å². The summed E-state index contributed by atoms with van der Waals surface area (Å²) in [4.78, 5) is 0.984. The molecule has 1 fully saturated rings. The van der Waals surface area contributed by atoms with Crippen LogP contribution in [0, 0.1) is 17.2 Å². The van der Waals surface area contributed by atoms with E-state index in [1.807, 2.05) is 0 Å². The molecule has 1 aromatic heterocycles. The maximum atomic E-state index is 9.08. The van der Waals surface area contributed by atoms with Gasteiger partial charge < -0.3 is 0 Å². The van der Waals surface area contributed by atoms with E-state index in [9.17, 15) is 0 Å². The lowest BCUT2D eigenvalue weighted by atomic mass is 9.88. The Labute approximate surface area is 94.7 Å². The maximum absolute atomic E-state index is 9.08. The Kier molecular flexibility index (Phi) is 2.29. The van der Waals surface area contributed by atoms with E-state index in [1.54, 1.807) is 11.3 Å². The van der Waals surface area contributed by atoms with Crippen LogP contribution in [-0.2, 0) is 6.42 Å². The summed E-state index contributed by atoms with van der Waals surface area (Å²) >= 11 is 1.66. The molecule has 0 saturated heterocycles. The molecule has 2 aliphatic carbocycles. The maximum Gasteiger partial charge on any atom is 0.110 e. The van der Waals surface area contributed by atoms with Gasteiger partial charge >= 0.3 is 0 Å². The molecule has 15 heavy (non-hydrogen) atoms. The average molecular weight is 217 g/mol. The van der Waals surface area contributed by atoms with Crippen LogP contribution in [0.2, 0.25) is 0 Å². The van der Waals surface area contributed by atoms with Gasteiger partial charge in [-0.15, -0.1) is 11.3 Å². The highest BCUT2D eigenvalue weighted by Crippen LogP contribution is 2.47. The Morgan fingerprint density at radius 3 is 3.00 bits per heavy atom. The van der Waals surface area contributed by atoms with Crippen LogP contribution in [0.25, 0.3) is 0 Å². The second kappa shape index (κ2) is 3.64. The van der Waals surface area contributed by atoms with E-state index >= 15 is 0 Å². The predicted molar refractivity (Wildman–Crippen MR) is 62.1 cm³/mol. The third-order valence-corrected chi connectivity index (χ3v) is 5.03. The van der Waals surface area contributed by atoms with Gasteiger partial charge in [-0.2, -0.15) is 5.26 Å². The fraction of sp³-hybridized carbons (Fsp3) is 0.615. The molecule has 0 N–H and O–H groups in total. The van der Waals surface area contributed by atoms with Gasteiger partial charge in [0.05, 0.1) is 0 Å². The zero-order valence-corrected chi connectivity index (χ0v) is 9.65. The molecule has 0 aromatic carbocycles. The van der Waals surface area contributed by atoms with E-state index in [2.05, 4.69) is 11.4 Å². The number of rotatable bonds is 0. The Morgan fingerprint density at radius 1 is 1.27 bits per heavy atom. The van der Waals surface area contributed by atoms with Crippen molar-refractivity contribution in [2.75, 3.05) is 0 Å². The molecule has 2 heteroatoms. The van der Waals surface area contributed by atoms with Gasteiger partial charge in [0.2, 0.25) is 0 Å². The lowest BCUT2D eigenvalue weighted by Gasteiger charge is -2.16. The van der Waals surface area contributed by atoms with Gasteiger partial charge in [0.1, 0.15) is 10.9 Å². The molecular weight excluding hydrogens is 202 g/mol. The molecule has 2 unspecified atom stereocenters. The lowest BCUT2D eigenvalue weighted by molar-refractivity contribution is 0.451. The van der Waals surface area contributed by atoms with Crippen LogP contribution in [0.3, 0.4) is 0 Å². The summed E-state index contributed by atoms with van der Waals surface area (Å²) in [6.45, 7) is 0. The molecule has 0 amide bonds. The van der Waals surface area contributed by atoms with Gasteiger partial charge in [0.25, 0.3) is 0 Å². The first-order valence-electron chi connectivity index (χ1n) is 5.90. The van der Waals surface area contributed by atoms with Crippen LogP contribution >= 0.6 is 11.3 Å². The van der Waals surface area contributed by atoms with Crippen LogP contribution < -0.4 is 0 Å². The molecule has 1 nitrogen and oxygen atoms in total. The van der Waals surface area contributed by atoms with Gasteiger partial charge in [-0.05, 0) is 60.4 Å². The number of thiophene rings is 1. The highest BCUT2D eigenvalue weighted by Gasteiger charge is 2.33. The highest BCUT2D eigenvalue weighted by atomic mass is 32.1. The van der Waals surface area contributed by atoms with E-state index in [0.717, 1.165) is 23.1 Å². The molecule has 2 aliphatic rings. The van der Waals surface area contributed by atoms with Gasteiger partial charge in [-0.3, -0.25) is 0 Å². The number of nitrogens with zero attached hydrogens (tertiary/aromatic N) is 1. The van der Waals surface area contributed by atoms with Crippen molar-refractivity contribution in [1.82, 2.24) is 0 Å². The summed E-state index contributed by atoms with van der Waals surface area (Å²) in [5, 5.41) is 11.3. The highest BCUT2D eigenvalue weighted by molar-refractivity contribution is 7.10. The largest absolute Gasteiger partial charge is 0.192 e. The summed E-state index contributed by atoms with van der Waals surface area (Å²) in [5.74, 6) is 1.72. The normalized spacial score (nSPS) is 29.0. The molecule has 3 rings (SSSR count). The molecule has 0 spiro atoms. The molecule has 1 saturated carbocycles. The van der Waals surface area contributed by atoms with Crippen molar-refractivity contribution in [1.29, 1.82) is 5.26 Å². The first-order valence-corrected chi connectivity index (χ1v) is 6.78. The predicted octanol–water partition coefficient (Wildman–Crippen LogP) is 3.84. The van der Waals surface area contributed by atoms with Crippen molar-refractivity contribution in [2.24, 2.45) is 5.92 Å². The molecular formula is C13H15NS. The summed E-state index contributed by atoms with van der Waals surface area (Å²) in [5.41, 5.74) is 2.94. The minimum atomic E-state index is 0.792. The fourth-order valence-electron chi connectivity index (χ4n) is 3.39. The van der Waals surface area contributed by atoms with Crippen molar-refractivity contribution in [3.8, 4) is 6.07 Å². The Bertz CT molecular complexity index is 413. The van der Waals surface area contributed by atoms with Crippen LogP contribution in [0.4, 0.5) is 0 Å². The van der Waals surface area contributed by atoms with Gasteiger partial charge in [0.15, 0.2) is 0 Å². The van der Waals surface area contributed by atoms with E-state index in [4.69, 9.17) is 5.26 Å². The minimum absolute atomic E-state index is 0.792. The molecule has 1 heterocycles. The second-order valence-electron chi connectivity index (χ2n) is 4.80. The second-order valence-corrected chi connectivity index (χ2v) is 5.68. The zero-order chi connectivity index (χ0) is 10.3. The SMILES string of the molecule is N#Cc1scc2c1CCCC1CCCC21. The van der Waals surface area contributed by atoms with Crippen LogP contribution in [0.5, 0.6) is 0 Å². The average Bonchev–Trinajstić information content (AvgIpc) is 2.82. The van der Waals surface area contributed by atoms with Crippen molar-refractivity contribution in [3.05, 3.63) is 21.4 Å². The van der Waals surface area contributed by atoms with Crippen LogP contribution in [0.1, 0.15) is 54.0 Å². The van der Waals surface area contributed by atoms with Crippen molar-refractivity contribution < 1.29 is 0 Å². The summed E-state index contributed by atoms with van der Waals surface area (Å²) in [7, 11) is 0. The van der Waals surface area contributed by atoms with E-state index in [-0.39, 0.29) is 0 Å². The number of fused-ring (bicyclic) bond motifs is 3. The third kappa shape index (κ3) is 1.41. The van der Waals surface area contributed by atoms with Gasteiger partial charge in [-0.1, -0.05) is 6.42 Å². The molecule has 0 radical (unpaired) electrons. The van der Waals surface area contributed by atoms with Gasteiger partial charge in [0, 0.05) is 0 Å². The number of hydrogen-bond acceptors (Lipinski definition) is 2. The van der Waals surface area contributed by atoms with E-state index in [1.165, 1.54) is 43.2 Å². The Balaban J connectivity index is 2.06. The zero-order valence-electron chi connectivity index (χ0n) is 8.83. The monoisotopic (exact) mass is 217 g/mol. The Morgan fingerprint density at radius 2 is 2.13 bits per heavy atom. The summed E-state index contributed by atoms with van der Waals surface area (Å²) < 4.78 is 0. The standard InChI is InChI=1S/C13H15NS/c14-7-13-11-6-2-4-9-3-1-5-10(9)12(11)8-15-13/h8-10H,1-6H2. The molecule has 78 valence electrons. The number of hydrogen-bond donors (Lipinski definition) is 0. The molecule has 1 aromatic rings. The van der Waals surface area contributed by atoms with Gasteiger partial charge in [-0.25, -0.2) is 0 Å². The fourth-order valence-corrected chi connectivity index (χ4v) is 4.37. The first kappa shape index (κ1) is 9.42. The summed E-state index contributed by atoms with van der Waals surface area (Å²) in [6.07, 6.45) is 8.00. The smallest absolute Gasteiger partial charge is 0.110 e. The molecule has 2 atom stereocenters. The third-order valence-electron chi connectivity index (χ3n) is 4.09. The quantitative estimate of drug-likeness (QED) is 0.647. The lowest BCUT2D eigenvalue weighted by Crippen LogP contribution is -2.03. The van der Waals surface area contributed by atoms with Crippen molar-refractivity contribution in [2.45, 2.75) is 44.4 Å². The molecule has 0 bridgehead atoms. The van der Waals surface area contributed by atoms with E-state index < -0.39 is 0 Å². The van der Waals surface area contributed by atoms with Crippen molar-refractivity contribution in [3.63, 3.8) is 0 Å². The number of nitriles is 1. The Hall–Kier alpha value is -0.810. The molecule has 0 aliphatic heterocycles. The van der Waals surface area contributed by atoms with Crippen LogP contribution in [-0.4, -0.2) is 0 Å². The minimum Gasteiger partial charge on any atom is -0.192 e. The van der Waals surface area contributed by atoms with E-state index in [0.29, 0.717) is 0 Å². The first-order chi connectivity index (χ1) is 7.40. The topological polar surface area (TPSA) is 23.8 Å². The van der Waals surface area contributed by atoms with Crippen molar-refractivity contribution >= 4 is 11.3 Å².